The minimum absolute atomic E-state index is 0.315. The number of rotatable bonds is 6. The average Bonchev–Trinajstić information content (AvgIpc) is 2.98. The van der Waals surface area contributed by atoms with Gasteiger partial charge in [0.1, 0.15) is 18.7 Å². The fraction of sp³-hybridized carbons (Fsp3) is 0.125. The molecule has 0 radical (unpaired) electrons. The van der Waals surface area contributed by atoms with Crippen LogP contribution < -0.4 is 10.2 Å². The summed E-state index contributed by atoms with van der Waals surface area (Å²) in [6.07, 6.45) is 1.56. The van der Waals surface area contributed by atoms with Crippen LogP contribution in [0.4, 0.5) is 0 Å². The van der Waals surface area contributed by atoms with Crippen molar-refractivity contribution >= 4 is 47.0 Å². The quantitative estimate of drug-likeness (QED) is 0.542. The van der Waals surface area contributed by atoms with E-state index in [1.807, 2.05) is 18.2 Å². The molecule has 1 heterocycles. The third kappa shape index (κ3) is 4.67. The van der Waals surface area contributed by atoms with Crippen molar-refractivity contribution in [2.45, 2.75) is 13.2 Å². The van der Waals surface area contributed by atoms with Crippen LogP contribution in [0.5, 0.6) is 5.75 Å². The molecule has 0 aliphatic rings. The Hall–Kier alpha value is -1.73. The highest BCUT2D eigenvalue weighted by Gasteiger charge is 2.08. The highest BCUT2D eigenvalue weighted by Crippen LogP contribution is 2.26. The molecule has 0 saturated carbocycles. The van der Waals surface area contributed by atoms with E-state index in [4.69, 9.17) is 51.8 Å². The van der Waals surface area contributed by atoms with Crippen molar-refractivity contribution in [2.75, 3.05) is 5.43 Å². The van der Waals surface area contributed by atoms with Crippen LogP contribution >= 0.6 is 47.0 Å². The van der Waals surface area contributed by atoms with Crippen LogP contribution in [0, 0.1) is 4.77 Å². The maximum absolute atomic E-state index is 6.18. The van der Waals surface area contributed by atoms with Crippen LogP contribution in [0.25, 0.3) is 0 Å². The Morgan fingerprint density at radius 1 is 1.08 bits per heavy atom. The lowest BCUT2D eigenvalue weighted by Gasteiger charge is -2.14. The summed E-state index contributed by atoms with van der Waals surface area (Å²) in [4.78, 5) is 0. The predicted octanol–water partition coefficient (Wildman–Crippen LogP) is 5.22. The molecule has 25 heavy (non-hydrogen) atoms. The molecule has 0 fully saturated rings. The van der Waals surface area contributed by atoms with Gasteiger partial charge in [0.05, 0.1) is 6.54 Å². The van der Waals surface area contributed by atoms with Gasteiger partial charge in [-0.3, -0.25) is 5.10 Å². The number of nitrogens with zero attached hydrogens (tertiary/aromatic N) is 2. The van der Waals surface area contributed by atoms with Gasteiger partial charge >= 0.3 is 0 Å². The SMILES string of the molecule is S=c1[nH]ncn1NCc1cc(Cl)ccc1OCc1ccc(Cl)cc1Cl. The maximum Gasteiger partial charge on any atom is 0.214 e. The van der Waals surface area contributed by atoms with Crippen molar-refractivity contribution in [3.05, 3.63) is 73.7 Å². The van der Waals surface area contributed by atoms with Gasteiger partial charge < -0.3 is 10.2 Å². The summed E-state index contributed by atoms with van der Waals surface area (Å²) in [5.41, 5.74) is 4.85. The second-order valence-corrected chi connectivity index (χ2v) is 6.81. The Labute approximate surface area is 164 Å². The second kappa shape index (κ2) is 8.10. The lowest BCUT2D eigenvalue weighted by molar-refractivity contribution is 0.303. The van der Waals surface area contributed by atoms with Crippen molar-refractivity contribution in [1.82, 2.24) is 14.9 Å². The lowest BCUT2D eigenvalue weighted by Crippen LogP contribution is -2.14. The molecule has 3 aromatic rings. The van der Waals surface area contributed by atoms with Gasteiger partial charge in [-0.2, -0.15) is 5.10 Å². The summed E-state index contributed by atoms with van der Waals surface area (Å²) in [6, 6.07) is 10.7. The van der Waals surface area contributed by atoms with Crippen molar-refractivity contribution in [3.8, 4) is 5.75 Å². The van der Waals surface area contributed by atoms with E-state index in [1.54, 1.807) is 29.2 Å². The van der Waals surface area contributed by atoms with Crippen LogP contribution in [-0.2, 0) is 13.2 Å². The van der Waals surface area contributed by atoms with Gasteiger partial charge in [-0.05, 0) is 42.5 Å². The number of nitrogens with one attached hydrogen (secondary N) is 2. The molecule has 0 unspecified atom stereocenters. The summed E-state index contributed by atoms with van der Waals surface area (Å²) < 4.78 is 7.99. The number of ether oxygens (including phenoxy) is 1. The molecule has 0 saturated heterocycles. The highest BCUT2D eigenvalue weighted by atomic mass is 35.5. The number of hydrogen-bond acceptors (Lipinski definition) is 4. The Morgan fingerprint density at radius 3 is 2.56 bits per heavy atom. The summed E-state index contributed by atoms with van der Waals surface area (Å²) >= 11 is 23.3. The van der Waals surface area contributed by atoms with Gasteiger partial charge in [-0.1, -0.05) is 40.9 Å². The molecule has 0 spiro atoms. The fourth-order valence-corrected chi connectivity index (χ4v) is 2.97. The summed E-state index contributed by atoms with van der Waals surface area (Å²) in [5, 5.41) is 8.29. The highest BCUT2D eigenvalue weighted by molar-refractivity contribution is 7.71. The molecule has 130 valence electrons. The van der Waals surface area contributed by atoms with Crippen LogP contribution in [0.2, 0.25) is 15.1 Å². The van der Waals surface area contributed by atoms with Crippen molar-refractivity contribution < 1.29 is 4.74 Å². The van der Waals surface area contributed by atoms with Crippen molar-refractivity contribution in [2.24, 2.45) is 0 Å². The zero-order valence-corrected chi connectivity index (χ0v) is 15.9. The molecule has 2 aromatic carbocycles. The molecule has 3 rings (SSSR count). The third-order valence-corrected chi connectivity index (χ3v) is 4.52. The van der Waals surface area contributed by atoms with E-state index in [9.17, 15) is 0 Å². The molecule has 0 aliphatic carbocycles. The van der Waals surface area contributed by atoms with E-state index < -0.39 is 0 Å². The largest absolute Gasteiger partial charge is 0.488 e. The molecule has 0 aliphatic heterocycles. The molecule has 0 bridgehead atoms. The Bertz CT molecular complexity index is 941. The van der Waals surface area contributed by atoms with Gasteiger partial charge in [0.2, 0.25) is 4.77 Å². The molecule has 9 heteroatoms. The molecular formula is C16H13Cl3N4OS. The van der Waals surface area contributed by atoms with Gasteiger partial charge in [0.25, 0.3) is 0 Å². The first kappa shape index (κ1) is 18.1. The summed E-state index contributed by atoms with van der Waals surface area (Å²) in [7, 11) is 0. The number of aromatic amines is 1. The topological polar surface area (TPSA) is 54.9 Å². The molecule has 0 atom stereocenters. The Morgan fingerprint density at radius 2 is 1.84 bits per heavy atom. The van der Waals surface area contributed by atoms with Gasteiger partial charge in [-0.25, -0.2) is 4.68 Å². The van der Waals surface area contributed by atoms with E-state index in [0.717, 1.165) is 11.1 Å². The minimum atomic E-state index is 0.315. The zero-order valence-electron chi connectivity index (χ0n) is 12.8. The Kier molecular flexibility index (Phi) is 5.86. The van der Waals surface area contributed by atoms with Crippen LogP contribution in [0.1, 0.15) is 11.1 Å². The van der Waals surface area contributed by atoms with Crippen molar-refractivity contribution in [1.29, 1.82) is 0 Å². The summed E-state index contributed by atoms with van der Waals surface area (Å²) in [5.74, 6) is 0.693. The summed E-state index contributed by atoms with van der Waals surface area (Å²) in [6.45, 7) is 0.772. The number of hydrogen-bond donors (Lipinski definition) is 2. The standard InChI is InChI=1S/C16H13Cl3N4OS/c17-12-3-4-15(24-8-10-1-2-13(18)6-14(10)19)11(5-12)7-21-23-9-20-22-16(23)25/h1-6,9,21H,7-8H2,(H,22,25). The number of benzene rings is 2. The molecule has 5 nitrogen and oxygen atoms in total. The van der Waals surface area contributed by atoms with E-state index in [0.29, 0.717) is 38.7 Å². The van der Waals surface area contributed by atoms with Gasteiger partial charge in [0.15, 0.2) is 0 Å². The first-order valence-corrected chi connectivity index (χ1v) is 8.78. The zero-order chi connectivity index (χ0) is 17.8. The first-order valence-electron chi connectivity index (χ1n) is 7.24. The maximum atomic E-state index is 6.18. The van der Waals surface area contributed by atoms with Gasteiger partial charge in [0, 0.05) is 26.2 Å². The average molecular weight is 416 g/mol. The monoisotopic (exact) mass is 414 g/mol. The number of aromatic nitrogens is 3. The predicted molar refractivity (Wildman–Crippen MR) is 103 cm³/mol. The first-order chi connectivity index (χ1) is 12.0. The minimum Gasteiger partial charge on any atom is -0.488 e. The van der Waals surface area contributed by atoms with E-state index in [1.165, 1.54) is 0 Å². The van der Waals surface area contributed by atoms with E-state index in [-0.39, 0.29) is 0 Å². The fourth-order valence-electron chi connectivity index (χ4n) is 2.15. The van der Waals surface area contributed by atoms with Crippen molar-refractivity contribution in [3.63, 3.8) is 0 Å². The van der Waals surface area contributed by atoms with Crippen LogP contribution in [0.15, 0.2) is 42.7 Å². The number of H-pyrrole nitrogens is 1. The lowest BCUT2D eigenvalue weighted by atomic mass is 10.2. The molecule has 1 aromatic heterocycles. The molecule has 2 N–H and O–H groups in total. The Balaban J connectivity index is 1.74. The van der Waals surface area contributed by atoms with Crippen LogP contribution in [0.3, 0.4) is 0 Å². The molecule has 0 amide bonds. The van der Waals surface area contributed by atoms with E-state index >= 15 is 0 Å². The molecular weight excluding hydrogens is 403 g/mol. The smallest absolute Gasteiger partial charge is 0.214 e. The van der Waals surface area contributed by atoms with Crippen LogP contribution in [-0.4, -0.2) is 14.9 Å². The third-order valence-electron chi connectivity index (χ3n) is 3.41. The van der Waals surface area contributed by atoms with E-state index in [2.05, 4.69) is 15.6 Å². The normalized spacial score (nSPS) is 10.7. The number of halogens is 3. The van der Waals surface area contributed by atoms with Gasteiger partial charge in [-0.15, -0.1) is 0 Å². The second-order valence-electron chi connectivity index (χ2n) is 5.14.